The van der Waals surface area contributed by atoms with Crippen molar-refractivity contribution in [2.24, 2.45) is 7.05 Å². The summed E-state index contributed by atoms with van der Waals surface area (Å²) >= 11 is 11.5. The van der Waals surface area contributed by atoms with Crippen LogP contribution in [-0.2, 0) is 7.05 Å². The minimum absolute atomic E-state index is 0.00439. The van der Waals surface area contributed by atoms with Gasteiger partial charge in [0.2, 0.25) is 0 Å². The van der Waals surface area contributed by atoms with E-state index in [1.165, 1.54) is 19.3 Å². The number of amides is 2. The van der Waals surface area contributed by atoms with Gasteiger partial charge in [0.1, 0.15) is 5.15 Å². The van der Waals surface area contributed by atoms with E-state index in [1.54, 1.807) is 24.3 Å². The molecule has 0 saturated carbocycles. The highest BCUT2D eigenvalue weighted by molar-refractivity contribution is 6.41. The zero-order valence-electron chi connectivity index (χ0n) is 13.3. The molecule has 0 radical (unpaired) electrons. The van der Waals surface area contributed by atoms with E-state index >= 15 is 0 Å². The van der Waals surface area contributed by atoms with Gasteiger partial charge in [0, 0.05) is 18.6 Å². The lowest BCUT2D eigenvalue weighted by atomic mass is 10.1. The van der Waals surface area contributed by atoms with Gasteiger partial charge in [0.25, 0.3) is 17.4 Å². The third-order valence-electron chi connectivity index (χ3n) is 3.52. The van der Waals surface area contributed by atoms with Crippen LogP contribution in [0.15, 0.2) is 41.3 Å². The van der Waals surface area contributed by atoms with Crippen molar-refractivity contribution < 1.29 is 9.59 Å². The number of carbonyl (C=O) groups excluding carboxylic acids is 2. The molecule has 0 spiro atoms. The van der Waals surface area contributed by atoms with Crippen molar-refractivity contribution in [2.75, 3.05) is 0 Å². The molecule has 0 saturated heterocycles. The number of pyridine rings is 1. The minimum Gasteiger partial charge on any atom is -0.267 e. The average molecular weight is 392 g/mol. The first-order valence-corrected chi connectivity index (χ1v) is 8.02. The summed E-state index contributed by atoms with van der Waals surface area (Å²) in [5.74, 6) is -1.32. The molecule has 0 unspecified atom stereocenters. The molecular weight excluding hydrogens is 381 g/mol. The molecule has 1 aromatic carbocycles. The van der Waals surface area contributed by atoms with Gasteiger partial charge in [-0.2, -0.15) is 5.10 Å². The molecule has 0 fully saturated rings. The lowest BCUT2D eigenvalue weighted by Gasteiger charge is -2.10. The summed E-state index contributed by atoms with van der Waals surface area (Å²) in [5.41, 5.74) is 4.26. The Balaban J connectivity index is 1.84. The SMILES string of the molecule is Cn1nc(C(=O)NNC(=O)c2cnc(Cl)c(Cl)c2)c2ccccc2c1=O. The largest absolute Gasteiger partial charge is 0.290 e. The van der Waals surface area contributed by atoms with Crippen molar-refractivity contribution in [2.45, 2.75) is 0 Å². The highest BCUT2D eigenvalue weighted by Crippen LogP contribution is 2.19. The minimum atomic E-state index is -0.682. The molecule has 8 nitrogen and oxygen atoms in total. The van der Waals surface area contributed by atoms with E-state index in [0.717, 1.165) is 4.68 Å². The quantitative estimate of drug-likeness (QED) is 0.510. The first-order valence-electron chi connectivity index (χ1n) is 7.26. The molecule has 2 amide bonds. The molecule has 3 rings (SSSR count). The van der Waals surface area contributed by atoms with Crippen LogP contribution in [0.3, 0.4) is 0 Å². The molecule has 3 aromatic rings. The van der Waals surface area contributed by atoms with E-state index in [1.807, 2.05) is 0 Å². The van der Waals surface area contributed by atoms with Crippen LogP contribution in [0.2, 0.25) is 10.2 Å². The monoisotopic (exact) mass is 391 g/mol. The van der Waals surface area contributed by atoms with Crippen molar-refractivity contribution in [1.82, 2.24) is 25.6 Å². The van der Waals surface area contributed by atoms with Crippen LogP contribution in [0.1, 0.15) is 20.8 Å². The predicted octanol–water partition coefficient (Wildman–Crippen LogP) is 1.71. The third kappa shape index (κ3) is 3.37. The number of carbonyl (C=O) groups is 2. The third-order valence-corrected chi connectivity index (χ3v) is 4.21. The van der Waals surface area contributed by atoms with Crippen LogP contribution in [0.5, 0.6) is 0 Å². The van der Waals surface area contributed by atoms with Crippen LogP contribution in [0.25, 0.3) is 10.8 Å². The molecule has 10 heteroatoms. The first-order chi connectivity index (χ1) is 12.4. The number of aryl methyl sites for hydroxylation is 1. The maximum atomic E-state index is 12.4. The van der Waals surface area contributed by atoms with E-state index in [9.17, 15) is 14.4 Å². The second-order valence-corrected chi connectivity index (χ2v) is 5.99. The molecule has 0 bridgehead atoms. The van der Waals surface area contributed by atoms with Gasteiger partial charge in [-0.1, -0.05) is 41.4 Å². The number of hydrogen-bond donors (Lipinski definition) is 2. The van der Waals surface area contributed by atoms with Crippen molar-refractivity contribution in [3.63, 3.8) is 0 Å². The van der Waals surface area contributed by atoms with Gasteiger partial charge >= 0.3 is 0 Å². The van der Waals surface area contributed by atoms with Crippen molar-refractivity contribution in [3.05, 3.63) is 68.3 Å². The topological polar surface area (TPSA) is 106 Å². The number of hydrazine groups is 1. The number of halogens is 2. The highest BCUT2D eigenvalue weighted by atomic mass is 35.5. The Kier molecular flexibility index (Phi) is 4.88. The maximum absolute atomic E-state index is 12.4. The number of aromatic nitrogens is 3. The Hall–Kier alpha value is -2.97. The van der Waals surface area contributed by atoms with Gasteiger partial charge in [0.05, 0.1) is 16.0 Å². The van der Waals surface area contributed by atoms with Gasteiger partial charge < -0.3 is 0 Å². The molecule has 0 aliphatic carbocycles. The molecule has 0 aliphatic rings. The Bertz CT molecular complexity index is 1100. The lowest BCUT2D eigenvalue weighted by Crippen LogP contribution is -2.42. The van der Waals surface area contributed by atoms with Crippen molar-refractivity contribution in [3.8, 4) is 0 Å². The summed E-state index contributed by atoms with van der Waals surface area (Å²) in [6.45, 7) is 0. The summed E-state index contributed by atoms with van der Waals surface area (Å²) in [6.07, 6.45) is 1.22. The molecule has 132 valence electrons. The first kappa shape index (κ1) is 17.8. The summed E-state index contributed by atoms with van der Waals surface area (Å²) in [4.78, 5) is 40.3. The molecular formula is C16H11Cl2N5O3. The van der Waals surface area contributed by atoms with Gasteiger partial charge in [-0.3, -0.25) is 25.2 Å². The Morgan fingerprint density at radius 1 is 1.08 bits per heavy atom. The number of rotatable bonds is 2. The second kappa shape index (κ2) is 7.11. The fourth-order valence-corrected chi connectivity index (χ4v) is 2.53. The van der Waals surface area contributed by atoms with Gasteiger partial charge in [-0.25, -0.2) is 9.67 Å². The molecule has 2 aromatic heterocycles. The van der Waals surface area contributed by atoms with E-state index in [2.05, 4.69) is 20.9 Å². The standard InChI is InChI=1S/C16H11Cl2N5O3/c1-23-16(26)10-5-3-2-4-9(10)12(22-23)15(25)21-20-14(24)8-6-11(17)13(18)19-7-8/h2-7H,1H3,(H,20,24)(H,21,25). The number of nitrogens with one attached hydrogen (secondary N) is 2. The maximum Gasteiger partial charge on any atom is 0.290 e. The average Bonchev–Trinajstić information content (AvgIpc) is 2.64. The zero-order valence-corrected chi connectivity index (χ0v) is 14.8. The molecule has 2 heterocycles. The van der Waals surface area contributed by atoms with Crippen LogP contribution in [-0.4, -0.2) is 26.6 Å². The van der Waals surface area contributed by atoms with E-state index in [4.69, 9.17) is 23.2 Å². The molecule has 0 atom stereocenters. The van der Waals surface area contributed by atoms with Gasteiger partial charge in [-0.05, 0) is 12.1 Å². The summed E-state index contributed by atoms with van der Waals surface area (Å²) < 4.78 is 1.06. The molecule has 2 N–H and O–H groups in total. The zero-order chi connectivity index (χ0) is 18.8. The lowest BCUT2D eigenvalue weighted by molar-refractivity contribution is 0.0843. The summed E-state index contributed by atoms with van der Waals surface area (Å²) in [7, 11) is 1.44. The highest BCUT2D eigenvalue weighted by Gasteiger charge is 2.17. The van der Waals surface area contributed by atoms with Gasteiger partial charge in [-0.15, -0.1) is 0 Å². The predicted molar refractivity (Wildman–Crippen MR) is 96.2 cm³/mol. The molecule has 26 heavy (non-hydrogen) atoms. The van der Waals surface area contributed by atoms with Crippen LogP contribution in [0, 0.1) is 0 Å². The van der Waals surface area contributed by atoms with Crippen molar-refractivity contribution in [1.29, 1.82) is 0 Å². The smallest absolute Gasteiger partial charge is 0.267 e. The number of nitrogens with zero attached hydrogens (tertiary/aromatic N) is 3. The normalized spacial score (nSPS) is 10.6. The molecule has 0 aliphatic heterocycles. The summed E-state index contributed by atoms with van der Waals surface area (Å²) in [5, 5.41) is 4.85. The fourth-order valence-electron chi connectivity index (χ4n) is 2.26. The van der Waals surface area contributed by atoms with Crippen LogP contribution < -0.4 is 16.4 Å². The number of hydrogen-bond acceptors (Lipinski definition) is 5. The Labute approximate surface area is 156 Å². The second-order valence-electron chi connectivity index (χ2n) is 5.23. The van der Waals surface area contributed by atoms with E-state index < -0.39 is 11.8 Å². The Morgan fingerprint density at radius 3 is 2.42 bits per heavy atom. The summed E-state index contributed by atoms with van der Waals surface area (Å²) in [6, 6.07) is 7.88. The Morgan fingerprint density at radius 2 is 1.73 bits per heavy atom. The number of fused-ring (bicyclic) bond motifs is 1. The van der Waals surface area contributed by atoms with Gasteiger partial charge in [0.15, 0.2) is 5.69 Å². The van der Waals surface area contributed by atoms with E-state index in [-0.39, 0.29) is 27.0 Å². The fraction of sp³-hybridized carbons (Fsp3) is 0.0625. The van der Waals surface area contributed by atoms with Crippen LogP contribution in [0.4, 0.5) is 0 Å². The van der Waals surface area contributed by atoms with E-state index in [0.29, 0.717) is 10.8 Å². The van der Waals surface area contributed by atoms with Crippen LogP contribution >= 0.6 is 23.2 Å². The van der Waals surface area contributed by atoms with Crippen molar-refractivity contribution >= 4 is 45.8 Å². The number of benzene rings is 1.